The van der Waals surface area contributed by atoms with Crippen LogP contribution in [0, 0.1) is 0 Å². The van der Waals surface area contributed by atoms with E-state index < -0.39 is 12.1 Å². The molecule has 0 rings (SSSR count). The number of aliphatic hydroxyl groups is 3. The SMILES string of the molecule is CCCCCCCCCCCCC/C=C/[C@@H](O)[C@H](CO)NC(=O)CCCCCCCCCCC(O)CCCCCC. The van der Waals surface area contributed by atoms with Crippen LogP contribution in [0.25, 0.3) is 0 Å². The van der Waals surface area contributed by atoms with Crippen molar-refractivity contribution in [3.8, 4) is 0 Å². The highest BCUT2D eigenvalue weighted by Crippen LogP contribution is 2.15. The van der Waals surface area contributed by atoms with E-state index in [0.717, 1.165) is 57.8 Å². The van der Waals surface area contributed by atoms with Gasteiger partial charge in [0.05, 0.1) is 24.9 Å². The van der Waals surface area contributed by atoms with Crippen molar-refractivity contribution in [1.82, 2.24) is 5.32 Å². The fraction of sp³-hybridized carbons (Fsp3) is 0.917. The maximum Gasteiger partial charge on any atom is 0.220 e. The van der Waals surface area contributed by atoms with Crippen LogP contribution in [0.3, 0.4) is 0 Å². The quantitative estimate of drug-likeness (QED) is 0.0471. The molecular weight excluding hydrogens is 510 g/mol. The van der Waals surface area contributed by atoms with Gasteiger partial charge in [0.25, 0.3) is 0 Å². The van der Waals surface area contributed by atoms with Crippen molar-refractivity contribution in [2.45, 2.75) is 205 Å². The predicted molar refractivity (Wildman–Crippen MR) is 176 cm³/mol. The number of hydrogen-bond acceptors (Lipinski definition) is 4. The zero-order valence-corrected chi connectivity index (χ0v) is 27.4. The highest BCUT2D eigenvalue weighted by molar-refractivity contribution is 5.76. The molecule has 0 aromatic heterocycles. The van der Waals surface area contributed by atoms with Crippen molar-refractivity contribution in [2.24, 2.45) is 0 Å². The highest BCUT2D eigenvalue weighted by Gasteiger charge is 2.17. The van der Waals surface area contributed by atoms with E-state index in [1.54, 1.807) is 6.08 Å². The summed E-state index contributed by atoms with van der Waals surface area (Å²) < 4.78 is 0. The number of unbranched alkanes of at least 4 members (excludes halogenated alkanes) is 21. The molecule has 41 heavy (non-hydrogen) atoms. The molecule has 0 bridgehead atoms. The Morgan fingerprint density at radius 2 is 1.02 bits per heavy atom. The van der Waals surface area contributed by atoms with E-state index in [1.807, 2.05) is 6.08 Å². The largest absolute Gasteiger partial charge is 0.394 e. The maximum atomic E-state index is 12.3. The van der Waals surface area contributed by atoms with Gasteiger partial charge in [-0.2, -0.15) is 0 Å². The Kier molecular flexibility index (Phi) is 31.3. The smallest absolute Gasteiger partial charge is 0.220 e. The lowest BCUT2D eigenvalue weighted by Crippen LogP contribution is -2.45. The summed E-state index contributed by atoms with van der Waals surface area (Å²) >= 11 is 0. The van der Waals surface area contributed by atoms with E-state index in [1.165, 1.54) is 109 Å². The van der Waals surface area contributed by atoms with E-state index in [9.17, 15) is 20.1 Å². The van der Waals surface area contributed by atoms with Gasteiger partial charge in [0.1, 0.15) is 0 Å². The van der Waals surface area contributed by atoms with E-state index >= 15 is 0 Å². The number of amides is 1. The fourth-order valence-electron chi connectivity index (χ4n) is 5.49. The molecule has 0 aliphatic heterocycles. The van der Waals surface area contributed by atoms with Crippen molar-refractivity contribution in [3.05, 3.63) is 12.2 Å². The van der Waals surface area contributed by atoms with E-state index in [-0.39, 0.29) is 18.6 Å². The molecule has 5 heteroatoms. The lowest BCUT2D eigenvalue weighted by atomic mass is 10.0. The molecule has 3 atom stereocenters. The molecule has 0 radical (unpaired) electrons. The standard InChI is InChI=1S/C36H71NO4/c1-3-5-7-9-10-11-12-13-14-15-19-22-26-30-35(40)34(32-38)37-36(41)31-27-23-20-17-16-18-21-25-29-33(39)28-24-8-6-4-2/h26,30,33-35,38-40H,3-25,27-29,31-32H2,1-2H3,(H,37,41)/b30-26+/t33?,34-,35+/m0/s1. The minimum absolute atomic E-state index is 0.0879. The van der Waals surface area contributed by atoms with Crippen molar-refractivity contribution in [3.63, 3.8) is 0 Å². The third kappa shape index (κ3) is 29.0. The first-order valence-electron chi connectivity index (χ1n) is 18.0. The van der Waals surface area contributed by atoms with Crippen molar-refractivity contribution < 1.29 is 20.1 Å². The van der Waals surface area contributed by atoms with Crippen LogP contribution in [-0.2, 0) is 4.79 Å². The Hall–Kier alpha value is -0.910. The number of hydrogen-bond donors (Lipinski definition) is 4. The summed E-state index contributed by atoms with van der Waals surface area (Å²) in [4.78, 5) is 12.3. The first-order chi connectivity index (χ1) is 20.0. The third-order valence-electron chi connectivity index (χ3n) is 8.35. The number of allylic oxidation sites excluding steroid dienone is 1. The zero-order chi connectivity index (χ0) is 30.2. The van der Waals surface area contributed by atoms with Gasteiger partial charge in [-0.25, -0.2) is 0 Å². The van der Waals surface area contributed by atoms with Crippen LogP contribution < -0.4 is 5.32 Å². The summed E-state index contributed by atoms with van der Waals surface area (Å²) in [5.41, 5.74) is 0. The monoisotopic (exact) mass is 582 g/mol. The van der Waals surface area contributed by atoms with Gasteiger partial charge in [0.2, 0.25) is 5.91 Å². The summed E-state index contributed by atoms with van der Waals surface area (Å²) in [6.07, 6.45) is 34.5. The molecule has 0 saturated carbocycles. The van der Waals surface area contributed by atoms with Crippen LogP contribution in [0.4, 0.5) is 0 Å². The Labute approximate surface area is 255 Å². The highest BCUT2D eigenvalue weighted by atomic mass is 16.3. The molecule has 0 aliphatic carbocycles. The molecule has 0 saturated heterocycles. The normalized spacial score (nSPS) is 14.0. The molecule has 4 N–H and O–H groups in total. The Morgan fingerprint density at radius 3 is 1.51 bits per heavy atom. The average molecular weight is 582 g/mol. The van der Waals surface area contributed by atoms with Crippen LogP contribution in [0.15, 0.2) is 12.2 Å². The number of rotatable bonds is 32. The van der Waals surface area contributed by atoms with E-state index in [4.69, 9.17) is 0 Å². The van der Waals surface area contributed by atoms with Gasteiger partial charge < -0.3 is 20.6 Å². The molecule has 1 amide bonds. The van der Waals surface area contributed by atoms with Crippen molar-refractivity contribution >= 4 is 5.91 Å². The first-order valence-corrected chi connectivity index (χ1v) is 18.0. The van der Waals surface area contributed by atoms with Gasteiger partial charge in [0, 0.05) is 6.42 Å². The molecule has 0 fully saturated rings. The fourth-order valence-corrected chi connectivity index (χ4v) is 5.49. The molecule has 1 unspecified atom stereocenters. The molecular formula is C36H71NO4. The van der Waals surface area contributed by atoms with Gasteiger partial charge in [-0.3, -0.25) is 4.79 Å². The van der Waals surface area contributed by atoms with Gasteiger partial charge in [-0.1, -0.05) is 161 Å². The van der Waals surface area contributed by atoms with Gasteiger partial charge in [0.15, 0.2) is 0 Å². The third-order valence-corrected chi connectivity index (χ3v) is 8.35. The Balaban J connectivity index is 3.65. The summed E-state index contributed by atoms with van der Waals surface area (Å²) in [5, 5.41) is 32.9. The minimum Gasteiger partial charge on any atom is -0.394 e. The number of carbonyl (C=O) groups excluding carboxylic acids is 1. The van der Waals surface area contributed by atoms with Crippen LogP contribution in [-0.4, -0.2) is 46.1 Å². The minimum atomic E-state index is -0.848. The van der Waals surface area contributed by atoms with Gasteiger partial charge in [-0.05, 0) is 32.1 Å². The van der Waals surface area contributed by atoms with Gasteiger partial charge in [-0.15, -0.1) is 0 Å². The van der Waals surface area contributed by atoms with Gasteiger partial charge >= 0.3 is 0 Å². The molecule has 0 aromatic carbocycles. The van der Waals surface area contributed by atoms with E-state index in [2.05, 4.69) is 19.2 Å². The molecule has 5 nitrogen and oxygen atoms in total. The maximum absolute atomic E-state index is 12.3. The second kappa shape index (κ2) is 32.0. The van der Waals surface area contributed by atoms with Crippen LogP contribution >= 0.6 is 0 Å². The second-order valence-electron chi connectivity index (χ2n) is 12.5. The number of carbonyl (C=O) groups is 1. The van der Waals surface area contributed by atoms with Crippen LogP contribution in [0.1, 0.15) is 187 Å². The summed E-state index contributed by atoms with van der Waals surface area (Å²) in [6.45, 7) is 4.22. The number of nitrogens with one attached hydrogen (secondary N) is 1. The number of aliphatic hydroxyl groups excluding tert-OH is 3. The summed E-state index contributed by atoms with van der Waals surface area (Å²) in [6, 6.07) is -0.633. The summed E-state index contributed by atoms with van der Waals surface area (Å²) in [7, 11) is 0. The van der Waals surface area contributed by atoms with Crippen LogP contribution in [0.5, 0.6) is 0 Å². The van der Waals surface area contributed by atoms with E-state index in [0.29, 0.717) is 6.42 Å². The second-order valence-corrected chi connectivity index (χ2v) is 12.5. The zero-order valence-electron chi connectivity index (χ0n) is 27.4. The van der Waals surface area contributed by atoms with Crippen molar-refractivity contribution in [2.75, 3.05) is 6.61 Å². The molecule has 0 spiro atoms. The topological polar surface area (TPSA) is 89.8 Å². The predicted octanol–water partition coefficient (Wildman–Crippen LogP) is 9.31. The lowest BCUT2D eigenvalue weighted by molar-refractivity contribution is -0.123. The molecule has 0 heterocycles. The molecule has 0 aliphatic rings. The lowest BCUT2D eigenvalue weighted by Gasteiger charge is -2.20. The van der Waals surface area contributed by atoms with Crippen LogP contribution in [0.2, 0.25) is 0 Å². The molecule has 244 valence electrons. The Morgan fingerprint density at radius 1 is 0.610 bits per heavy atom. The molecule has 0 aromatic rings. The van der Waals surface area contributed by atoms with Crippen molar-refractivity contribution in [1.29, 1.82) is 0 Å². The first kappa shape index (κ1) is 40.1. The summed E-state index contributed by atoms with van der Waals surface area (Å²) in [5.74, 6) is -0.0879. The average Bonchev–Trinajstić information content (AvgIpc) is 2.97. The Bertz CT molecular complexity index is 568.